The standard InChI is InChI=1S/C17H26N4O3S/c1-20(12-14-5-7-21(8-6-14)9-10-24-2)25(22,23)15-3-4-16-17(11-15)19-13-18-16/h3-4,11,13-14H,5-10,12H2,1-2H3,(H,18,19). The van der Waals surface area contributed by atoms with Gasteiger partial charge in [0, 0.05) is 27.2 Å². The molecule has 0 bridgehead atoms. The summed E-state index contributed by atoms with van der Waals surface area (Å²) in [7, 11) is -0.0976. The fraction of sp³-hybridized carbons (Fsp3) is 0.588. The van der Waals surface area contributed by atoms with E-state index in [-0.39, 0.29) is 0 Å². The fourth-order valence-electron chi connectivity index (χ4n) is 3.33. The minimum Gasteiger partial charge on any atom is -0.383 e. The number of benzene rings is 1. The zero-order chi connectivity index (χ0) is 17.9. The van der Waals surface area contributed by atoms with Crippen LogP contribution in [-0.2, 0) is 14.8 Å². The van der Waals surface area contributed by atoms with Crippen molar-refractivity contribution in [1.82, 2.24) is 19.2 Å². The summed E-state index contributed by atoms with van der Waals surface area (Å²) in [6.45, 7) is 4.25. The molecule has 1 saturated heterocycles. The van der Waals surface area contributed by atoms with Gasteiger partial charge in [-0.3, -0.25) is 0 Å². The van der Waals surface area contributed by atoms with Crippen LogP contribution >= 0.6 is 0 Å². The van der Waals surface area contributed by atoms with Gasteiger partial charge in [0.05, 0.1) is 28.9 Å². The normalized spacial score (nSPS) is 17.6. The number of H-pyrrole nitrogens is 1. The minimum atomic E-state index is -3.48. The molecule has 1 aliphatic heterocycles. The first-order chi connectivity index (χ1) is 12.0. The lowest BCUT2D eigenvalue weighted by atomic mass is 9.97. The fourth-order valence-corrected chi connectivity index (χ4v) is 4.60. The number of hydrogen-bond acceptors (Lipinski definition) is 5. The number of aromatic amines is 1. The summed E-state index contributed by atoms with van der Waals surface area (Å²) in [6, 6.07) is 5.02. The Morgan fingerprint density at radius 2 is 2.12 bits per heavy atom. The molecule has 1 aromatic carbocycles. The molecule has 2 aromatic rings. The van der Waals surface area contributed by atoms with Crippen molar-refractivity contribution >= 4 is 21.1 Å². The number of hydrogen-bond donors (Lipinski definition) is 1. The maximum atomic E-state index is 12.8. The molecule has 1 N–H and O–H groups in total. The van der Waals surface area contributed by atoms with Crippen LogP contribution in [0.4, 0.5) is 0 Å². The van der Waals surface area contributed by atoms with E-state index in [1.807, 2.05) is 0 Å². The third kappa shape index (κ3) is 4.20. The first-order valence-electron chi connectivity index (χ1n) is 8.61. The third-order valence-corrected chi connectivity index (χ3v) is 6.75. The van der Waals surface area contributed by atoms with Crippen molar-refractivity contribution in [1.29, 1.82) is 0 Å². The Labute approximate surface area is 149 Å². The van der Waals surface area contributed by atoms with E-state index in [0.717, 1.165) is 50.1 Å². The van der Waals surface area contributed by atoms with Gasteiger partial charge in [-0.25, -0.2) is 17.7 Å². The van der Waals surface area contributed by atoms with Gasteiger partial charge in [-0.2, -0.15) is 0 Å². The molecule has 138 valence electrons. The Morgan fingerprint density at radius 3 is 2.84 bits per heavy atom. The molecular weight excluding hydrogens is 340 g/mol. The lowest BCUT2D eigenvalue weighted by molar-refractivity contribution is 0.116. The quantitative estimate of drug-likeness (QED) is 0.804. The number of imidazole rings is 1. The van der Waals surface area contributed by atoms with E-state index in [2.05, 4.69) is 14.9 Å². The van der Waals surface area contributed by atoms with Crippen molar-refractivity contribution in [3.63, 3.8) is 0 Å². The number of fused-ring (bicyclic) bond motifs is 1. The number of sulfonamides is 1. The highest BCUT2D eigenvalue weighted by atomic mass is 32.2. The Bertz CT molecular complexity index is 797. The molecule has 0 amide bonds. The van der Waals surface area contributed by atoms with E-state index in [1.165, 1.54) is 4.31 Å². The molecule has 3 rings (SSSR count). The van der Waals surface area contributed by atoms with Crippen LogP contribution < -0.4 is 0 Å². The molecule has 2 heterocycles. The Balaban J connectivity index is 1.61. The second-order valence-electron chi connectivity index (χ2n) is 6.64. The first kappa shape index (κ1) is 18.3. The van der Waals surface area contributed by atoms with Gasteiger partial charge in [-0.1, -0.05) is 0 Å². The second-order valence-corrected chi connectivity index (χ2v) is 8.69. The molecule has 1 fully saturated rings. The average molecular weight is 366 g/mol. The van der Waals surface area contributed by atoms with Gasteiger partial charge in [-0.15, -0.1) is 0 Å². The summed E-state index contributed by atoms with van der Waals surface area (Å²) in [6.07, 6.45) is 3.61. The smallest absolute Gasteiger partial charge is 0.242 e. The van der Waals surface area contributed by atoms with Gasteiger partial charge in [0.1, 0.15) is 0 Å². The number of ether oxygens (including phenoxy) is 1. The number of methoxy groups -OCH3 is 1. The van der Waals surface area contributed by atoms with E-state index in [9.17, 15) is 8.42 Å². The third-order valence-electron chi connectivity index (χ3n) is 4.93. The van der Waals surface area contributed by atoms with Gasteiger partial charge >= 0.3 is 0 Å². The van der Waals surface area contributed by atoms with Gasteiger partial charge in [0.15, 0.2) is 0 Å². The lowest BCUT2D eigenvalue weighted by Crippen LogP contribution is -2.40. The van der Waals surface area contributed by atoms with Crippen molar-refractivity contribution < 1.29 is 13.2 Å². The maximum absolute atomic E-state index is 12.8. The summed E-state index contributed by atoms with van der Waals surface area (Å²) in [5, 5.41) is 0. The lowest BCUT2D eigenvalue weighted by Gasteiger charge is -2.33. The average Bonchev–Trinajstić information content (AvgIpc) is 3.08. The predicted octanol–water partition coefficient (Wildman–Crippen LogP) is 1.54. The zero-order valence-electron chi connectivity index (χ0n) is 14.8. The van der Waals surface area contributed by atoms with Gasteiger partial charge in [0.2, 0.25) is 10.0 Å². The van der Waals surface area contributed by atoms with Crippen LogP contribution in [0.5, 0.6) is 0 Å². The summed E-state index contributed by atoms with van der Waals surface area (Å²) >= 11 is 0. The molecular formula is C17H26N4O3S. The Morgan fingerprint density at radius 1 is 1.36 bits per heavy atom. The zero-order valence-corrected chi connectivity index (χ0v) is 15.6. The SMILES string of the molecule is COCCN1CCC(CN(C)S(=O)(=O)c2ccc3nc[nH]c3c2)CC1. The second kappa shape index (κ2) is 7.82. The van der Waals surface area contributed by atoms with Crippen molar-refractivity contribution in [2.75, 3.05) is 46.9 Å². The Kier molecular flexibility index (Phi) is 5.73. The number of rotatable bonds is 7. The van der Waals surface area contributed by atoms with Crippen molar-refractivity contribution in [3.05, 3.63) is 24.5 Å². The van der Waals surface area contributed by atoms with Crippen molar-refractivity contribution in [3.8, 4) is 0 Å². The van der Waals surface area contributed by atoms with Gasteiger partial charge in [0.25, 0.3) is 0 Å². The molecule has 7 nitrogen and oxygen atoms in total. The van der Waals surface area contributed by atoms with E-state index in [4.69, 9.17) is 4.74 Å². The van der Waals surface area contributed by atoms with E-state index in [0.29, 0.717) is 17.4 Å². The van der Waals surface area contributed by atoms with Crippen LogP contribution in [-0.4, -0.2) is 74.5 Å². The van der Waals surface area contributed by atoms with Gasteiger partial charge < -0.3 is 14.6 Å². The number of nitrogens with one attached hydrogen (secondary N) is 1. The van der Waals surface area contributed by atoms with Crippen molar-refractivity contribution in [2.24, 2.45) is 5.92 Å². The molecule has 25 heavy (non-hydrogen) atoms. The molecule has 8 heteroatoms. The van der Waals surface area contributed by atoms with Crippen LogP contribution in [0, 0.1) is 5.92 Å². The van der Waals surface area contributed by atoms with E-state index in [1.54, 1.807) is 38.7 Å². The molecule has 0 saturated carbocycles. The molecule has 0 atom stereocenters. The highest BCUT2D eigenvalue weighted by Gasteiger charge is 2.26. The summed E-state index contributed by atoms with van der Waals surface area (Å²) in [4.78, 5) is 9.78. The minimum absolute atomic E-state index is 0.310. The van der Waals surface area contributed by atoms with E-state index >= 15 is 0 Å². The summed E-state index contributed by atoms with van der Waals surface area (Å²) in [5.74, 6) is 0.398. The molecule has 0 radical (unpaired) electrons. The highest BCUT2D eigenvalue weighted by molar-refractivity contribution is 7.89. The van der Waals surface area contributed by atoms with Crippen LogP contribution in [0.3, 0.4) is 0 Å². The molecule has 0 aliphatic carbocycles. The molecule has 1 aromatic heterocycles. The van der Waals surface area contributed by atoms with Crippen LogP contribution in [0.1, 0.15) is 12.8 Å². The first-order valence-corrected chi connectivity index (χ1v) is 10.1. The van der Waals surface area contributed by atoms with Crippen molar-refractivity contribution in [2.45, 2.75) is 17.7 Å². The maximum Gasteiger partial charge on any atom is 0.242 e. The van der Waals surface area contributed by atoms with Crippen LogP contribution in [0.2, 0.25) is 0 Å². The van der Waals surface area contributed by atoms with Gasteiger partial charge in [-0.05, 0) is 50.0 Å². The Hall–Kier alpha value is -1.48. The summed E-state index contributed by atoms with van der Waals surface area (Å²) in [5.41, 5.74) is 1.51. The summed E-state index contributed by atoms with van der Waals surface area (Å²) < 4.78 is 32.3. The number of nitrogens with zero attached hydrogens (tertiary/aromatic N) is 3. The number of likely N-dealkylation sites (tertiary alicyclic amines) is 1. The van der Waals surface area contributed by atoms with E-state index < -0.39 is 10.0 Å². The van der Waals surface area contributed by atoms with Crippen LogP contribution in [0.25, 0.3) is 11.0 Å². The largest absolute Gasteiger partial charge is 0.383 e. The molecule has 1 aliphatic rings. The number of aromatic nitrogens is 2. The molecule has 0 unspecified atom stereocenters. The monoisotopic (exact) mass is 366 g/mol. The number of piperidine rings is 1. The van der Waals surface area contributed by atoms with Crippen LogP contribution in [0.15, 0.2) is 29.4 Å². The molecule has 0 spiro atoms. The predicted molar refractivity (Wildman–Crippen MR) is 96.9 cm³/mol. The topological polar surface area (TPSA) is 78.5 Å². The highest BCUT2D eigenvalue weighted by Crippen LogP contribution is 2.23.